The van der Waals surface area contributed by atoms with Crippen molar-refractivity contribution in [2.45, 2.75) is 6.42 Å². The van der Waals surface area contributed by atoms with E-state index in [9.17, 15) is 5.26 Å². The lowest BCUT2D eigenvalue weighted by molar-refractivity contribution is 0.174. The highest BCUT2D eigenvalue weighted by molar-refractivity contribution is 7.17. The van der Waals surface area contributed by atoms with Gasteiger partial charge in [0.05, 0.1) is 34.4 Å². The van der Waals surface area contributed by atoms with Crippen LogP contribution in [0, 0.1) is 11.3 Å². The van der Waals surface area contributed by atoms with Gasteiger partial charge in [0.15, 0.2) is 16.5 Å². The van der Waals surface area contributed by atoms with Crippen LogP contribution < -0.4 is 9.47 Å². The van der Waals surface area contributed by atoms with Gasteiger partial charge in [0.25, 0.3) is 0 Å². The Labute approximate surface area is 151 Å². The van der Waals surface area contributed by atoms with Gasteiger partial charge >= 0.3 is 0 Å². The monoisotopic (exact) mass is 365 g/mol. The molecule has 4 aromatic rings. The van der Waals surface area contributed by atoms with Crippen molar-refractivity contribution in [2.75, 3.05) is 6.79 Å². The van der Waals surface area contributed by atoms with Crippen LogP contribution in [-0.2, 0) is 6.42 Å². The Balaban J connectivity index is 1.74. The van der Waals surface area contributed by atoms with Crippen LogP contribution in [0.3, 0.4) is 0 Å². The summed E-state index contributed by atoms with van der Waals surface area (Å²) in [5, 5.41) is 13.5. The lowest BCUT2D eigenvalue weighted by Gasteiger charge is -2.04. The van der Waals surface area contributed by atoms with Crippen LogP contribution in [0.15, 0.2) is 41.1 Å². The molecule has 7 heteroatoms. The molecule has 0 bridgehead atoms. The van der Waals surface area contributed by atoms with Crippen LogP contribution in [0.25, 0.3) is 26.8 Å². The Kier molecular flexibility index (Phi) is 3.26. The molecule has 3 aromatic heterocycles. The second kappa shape index (κ2) is 5.62. The van der Waals surface area contributed by atoms with Gasteiger partial charge in [-0.05, 0) is 29.6 Å². The SMILES string of the molecule is N#CCc1c(-c2ccc3c(c2)OCO3)nc2scc(-c3cccs3)n12. The van der Waals surface area contributed by atoms with Gasteiger partial charge < -0.3 is 9.47 Å². The summed E-state index contributed by atoms with van der Waals surface area (Å²) in [6, 6.07) is 12.2. The van der Waals surface area contributed by atoms with Crippen LogP contribution in [0.4, 0.5) is 0 Å². The minimum absolute atomic E-state index is 0.241. The third kappa shape index (κ3) is 2.22. The molecule has 0 amide bonds. The zero-order valence-electron chi connectivity index (χ0n) is 12.9. The fourth-order valence-electron chi connectivity index (χ4n) is 3.03. The molecular weight excluding hydrogens is 354 g/mol. The van der Waals surface area contributed by atoms with E-state index in [1.165, 1.54) is 4.88 Å². The zero-order valence-corrected chi connectivity index (χ0v) is 14.6. The number of benzene rings is 1. The Hall–Kier alpha value is -2.82. The molecule has 0 spiro atoms. The summed E-state index contributed by atoms with van der Waals surface area (Å²) in [5.41, 5.74) is 3.74. The molecule has 0 fully saturated rings. The van der Waals surface area contributed by atoms with E-state index in [1.807, 2.05) is 24.3 Å². The van der Waals surface area contributed by atoms with Crippen molar-refractivity contribution in [1.82, 2.24) is 9.38 Å². The highest BCUT2D eigenvalue weighted by atomic mass is 32.1. The molecule has 1 aromatic carbocycles. The fraction of sp³-hybridized carbons (Fsp3) is 0.111. The van der Waals surface area contributed by atoms with Gasteiger partial charge in [-0.15, -0.1) is 22.7 Å². The summed E-state index contributed by atoms with van der Waals surface area (Å²) >= 11 is 3.27. The lowest BCUT2D eigenvalue weighted by Crippen LogP contribution is -1.94. The summed E-state index contributed by atoms with van der Waals surface area (Å²) in [6.07, 6.45) is 0.292. The standard InChI is InChI=1S/C18H11N3O2S2/c19-6-5-12-17(11-3-4-14-15(8-11)23-10-22-14)20-18-21(12)13(9-25-18)16-2-1-7-24-16/h1-4,7-9H,5,10H2. The highest BCUT2D eigenvalue weighted by Crippen LogP contribution is 2.39. The quantitative estimate of drug-likeness (QED) is 0.533. The number of aromatic nitrogens is 2. The summed E-state index contributed by atoms with van der Waals surface area (Å²) in [6.45, 7) is 0.241. The Morgan fingerprint density at radius 3 is 2.96 bits per heavy atom. The molecule has 0 saturated heterocycles. The molecular formula is C18H11N3O2S2. The Morgan fingerprint density at radius 1 is 1.20 bits per heavy atom. The van der Waals surface area contributed by atoms with E-state index < -0.39 is 0 Å². The maximum atomic E-state index is 9.35. The summed E-state index contributed by atoms with van der Waals surface area (Å²) in [4.78, 5) is 6.85. The summed E-state index contributed by atoms with van der Waals surface area (Å²) in [7, 11) is 0. The van der Waals surface area contributed by atoms with Crippen molar-refractivity contribution in [3.05, 3.63) is 46.8 Å². The van der Waals surface area contributed by atoms with E-state index in [2.05, 4.69) is 27.3 Å². The topological polar surface area (TPSA) is 59.5 Å². The van der Waals surface area contributed by atoms with Crippen molar-refractivity contribution in [3.8, 4) is 39.4 Å². The van der Waals surface area contributed by atoms with E-state index in [0.717, 1.165) is 39.1 Å². The van der Waals surface area contributed by atoms with Gasteiger partial charge in [0.2, 0.25) is 6.79 Å². The van der Waals surface area contributed by atoms with Gasteiger partial charge in [-0.3, -0.25) is 4.40 Å². The number of hydrogen-bond acceptors (Lipinski definition) is 6. The molecule has 5 rings (SSSR count). The number of imidazole rings is 1. The maximum Gasteiger partial charge on any atom is 0.231 e. The third-order valence-electron chi connectivity index (χ3n) is 4.13. The summed E-state index contributed by atoms with van der Waals surface area (Å²) < 4.78 is 13.0. The third-order valence-corrected chi connectivity index (χ3v) is 5.84. The minimum Gasteiger partial charge on any atom is -0.454 e. The molecule has 0 radical (unpaired) electrons. The normalized spacial score (nSPS) is 12.6. The van der Waals surface area contributed by atoms with Crippen molar-refractivity contribution >= 4 is 27.6 Å². The zero-order chi connectivity index (χ0) is 16.8. The first kappa shape index (κ1) is 14.5. The first-order valence-corrected chi connectivity index (χ1v) is 9.41. The minimum atomic E-state index is 0.241. The fourth-order valence-corrected chi connectivity index (χ4v) is 4.74. The molecule has 25 heavy (non-hydrogen) atoms. The van der Waals surface area contributed by atoms with Crippen LogP contribution in [0.5, 0.6) is 11.5 Å². The number of rotatable bonds is 3. The van der Waals surface area contributed by atoms with Gasteiger partial charge in [-0.25, -0.2) is 4.98 Å². The van der Waals surface area contributed by atoms with Gasteiger partial charge in [-0.1, -0.05) is 6.07 Å². The lowest BCUT2D eigenvalue weighted by atomic mass is 10.1. The molecule has 5 nitrogen and oxygen atoms in total. The van der Waals surface area contributed by atoms with Crippen LogP contribution in [-0.4, -0.2) is 16.2 Å². The molecule has 0 saturated carbocycles. The van der Waals surface area contributed by atoms with E-state index in [0.29, 0.717) is 6.42 Å². The van der Waals surface area contributed by atoms with Crippen LogP contribution in [0.2, 0.25) is 0 Å². The van der Waals surface area contributed by atoms with Gasteiger partial charge in [0.1, 0.15) is 0 Å². The molecule has 0 N–H and O–H groups in total. The molecule has 1 aliphatic rings. The molecule has 0 atom stereocenters. The Bertz CT molecular complexity index is 1120. The highest BCUT2D eigenvalue weighted by Gasteiger charge is 2.21. The number of fused-ring (bicyclic) bond motifs is 2. The molecule has 1 aliphatic heterocycles. The first-order chi connectivity index (χ1) is 12.3. The number of nitrogens with zero attached hydrogens (tertiary/aromatic N) is 3. The number of thiophene rings is 1. The molecule has 122 valence electrons. The Morgan fingerprint density at radius 2 is 2.12 bits per heavy atom. The second-order valence-corrected chi connectivity index (χ2v) is 7.31. The average molecular weight is 365 g/mol. The molecule has 0 aliphatic carbocycles. The largest absolute Gasteiger partial charge is 0.454 e. The van der Waals surface area contributed by atoms with E-state index in [-0.39, 0.29) is 6.79 Å². The van der Waals surface area contributed by atoms with Crippen molar-refractivity contribution in [1.29, 1.82) is 5.26 Å². The van der Waals surface area contributed by atoms with E-state index in [4.69, 9.17) is 14.5 Å². The van der Waals surface area contributed by atoms with Crippen LogP contribution >= 0.6 is 22.7 Å². The van der Waals surface area contributed by atoms with Crippen molar-refractivity contribution in [3.63, 3.8) is 0 Å². The number of ether oxygens (including phenoxy) is 2. The van der Waals surface area contributed by atoms with Gasteiger partial charge in [0, 0.05) is 10.9 Å². The number of hydrogen-bond donors (Lipinski definition) is 0. The second-order valence-electron chi connectivity index (χ2n) is 5.53. The number of nitriles is 1. The van der Waals surface area contributed by atoms with Crippen molar-refractivity contribution < 1.29 is 9.47 Å². The predicted molar refractivity (Wildman–Crippen MR) is 97.3 cm³/mol. The first-order valence-electron chi connectivity index (χ1n) is 7.65. The van der Waals surface area contributed by atoms with Crippen molar-refractivity contribution in [2.24, 2.45) is 0 Å². The smallest absolute Gasteiger partial charge is 0.231 e. The van der Waals surface area contributed by atoms with E-state index in [1.54, 1.807) is 22.7 Å². The van der Waals surface area contributed by atoms with Crippen LogP contribution in [0.1, 0.15) is 5.69 Å². The predicted octanol–water partition coefficient (Wildman–Crippen LogP) is 4.59. The van der Waals surface area contributed by atoms with E-state index >= 15 is 0 Å². The molecule has 0 unspecified atom stereocenters. The summed E-state index contributed by atoms with van der Waals surface area (Å²) in [5.74, 6) is 1.46. The number of thiazole rings is 1. The maximum absolute atomic E-state index is 9.35. The average Bonchev–Trinajstić information content (AvgIpc) is 3.39. The van der Waals surface area contributed by atoms with Gasteiger partial charge in [-0.2, -0.15) is 5.26 Å². The molecule has 4 heterocycles.